The largest absolute Gasteiger partial charge is 0.326 e. The minimum absolute atomic E-state index is 0.456. The summed E-state index contributed by atoms with van der Waals surface area (Å²) in [7, 11) is 0. The molecule has 1 saturated carbocycles. The normalized spacial score (nSPS) is 43.7. The average molecular weight is 126 g/mol. The van der Waals surface area contributed by atoms with Crippen LogP contribution in [0.1, 0.15) is 19.3 Å². The molecule has 52 valence electrons. The molecule has 2 aliphatic rings. The van der Waals surface area contributed by atoms with Gasteiger partial charge in [0.15, 0.2) is 0 Å². The third-order valence-electron chi connectivity index (χ3n) is 2.45. The standard InChI is InChI=1S/C7H14N2/c8-6-3-4-9-7(6)5-1-2-5/h5-7,9H,1-4,8H2/t6-,7?/m1/s1. The van der Waals surface area contributed by atoms with Gasteiger partial charge in [-0.25, -0.2) is 0 Å². The van der Waals surface area contributed by atoms with E-state index in [1.54, 1.807) is 0 Å². The molecule has 2 fully saturated rings. The predicted octanol–water partition coefficient (Wildman–Crippen LogP) is 0.0856. The first-order valence-electron chi connectivity index (χ1n) is 3.87. The molecule has 0 aromatic carbocycles. The molecule has 2 rings (SSSR count). The molecule has 2 nitrogen and oxygen atoms in total. The molecule has 1 heterocycles. The van der Waals surface area contributed by atoms with Crippen LogP contribution in [0.5, 0.6) is 0 Å². The number of rotatable bonds is 1. The van der Waals surface area contributed by atoms with E-state index in [1.165, 1.54) is 19.3 Å². The average Bonchev–Trinajstić information content (AvgIpc) is 2.58. The van der Waals surface area contributed by atoms with Crippen LogP contribution in [-0.2, 0) is 0 Å². The summed E-state index contributed by atoms with van der Waals surface area (Å²) in [5, 5.41) is 3.44. The molecule has 3 N–H and O–H groups in total. The van der Waals surface area contributed by atoms with Crippen molar-refractivity contribution in [2.75, 3.05) is 6.54 Å². The summed E-state index contributed by atoms with van der Waals surface area (Å²) in [6.45, 7) is 1.14. The van der Waals surface area contributed by atoms with E-state index >= 15 is 0 Å². The molecule has 0 aromatic heterocycles. The van der Waals surface area contributed by atoms with Crippen LogP contribution in [0.3, 0.4) is 0 Å². The second kappa shape index (κ2) is 1.96. The molecule has 0 aromatic rings. The summed E-state index contributed by atoms with van der Waals surface area (Å²) >= 11 is 0. The third kappa shape index (κ3) is 0.970. The number of hydrogen-bond acceptors (Lipinski definition) is 2. The van der Waals surface area contributed by atoms with E-state index in [9.17, 15) is 0 Å². The fraction of sp³-hybridized carbons (Fsp3) is 1.00. The van der Waals surface area contributed by atoms with Gasteiger partial charge >= 0.3 is 0 Å². The van der Waals surface area contributed by atoms with Crippen LogP contribution in [0.15, 0.2) is 0 Å². The summed E-state index contributed by atoms with van der Waals surface area (Å²) < 4.78 is 0. The molecule has 1 saturated heterocycles. The van der Waals surface area contributed by atoms with E-state index in [1.807, 2.05) is 0 Å². The number of nitrogens with one attached hydrogen (secondary N) is 1. The summed E-state index contributed by atoms with van der Waals surface area (Å²) in [5.74, 6) is 0.933. The van der Waals surface area contributed by atoms with E-state index < -0.39 is 0 Å². The van der Waals surface area contributed by atoms with E-state index in [2.05, 4.69) is 5.32 Å². The van der Waals surface area contributed by atoms with Crippen molar-refractivity contribution < 1.29 is 0 Å². The van der Waals surface area contributed by atoms with Gasteiger partial charge in [0.05, 0.1) is 0 Å². The highest BCUT2D eigenvalue weighted by Gasteiger charge is 2.37. The maximum atomic E-state index is 5.86. The van der Waals surface area contributed by atoms with Gasteiger partial charge in [0, 0.05) is 12.1 Å². The lowest BCUT2D eigenvalue weighted by atomic mass is 10.1. The molecule has 9 heavy (non-hydrogen) atoms. The Bertz CT molecular complexity index is 109. The Hall–Kier alpha value is -0.0800. The second-order valence-corrected chi connectivity index (χ2v) is 3.27. The fourth-order valence-corrected chi connectivity index (χ4v) is 1.72. The van der Waals surface area contributed by atoms with E-state index in [-0.39, 0.29) is 0 Å². The zero-order valence-electron chi connectivity index (χ0n) is 5.64. The Morgan fingerprint density at radius 1 is 1.22 bits per heavy atom. The molecule has 2 atom stereocenters. The van der Waals surface area contributed by atoms with Crippen LogP contribution in [-0.4, -0.2) is 18.6 Å². The Morgan fingerprint density at radius 3 is 2.44 bits per heavy atom. The zero-order chi connectivity index (χ0) is 6.27. The molecule has 1 aliphatic carbocycles. The van der Waals surface area contributed by atoms with Crippen molar-refractivity contribution in [1.29, 1.82) is 0 Å². The second-order valence-electron chi connectivity index (χ2n) is 3.27. The van der Waals surface area contributed by atoms with Crippen molar-refractivity contribution in [2.45, 2.75) is 31.3 Å². The molecule has 1 unspecified atom stereocenters. The van der Waals surface area contributed by atoms with Crippen molar-refractivity contribution in [2.24, 2.45) is 11.7 Å². The van der Waals surface area contributed by atoms with Crippen molar-refractivity contribution in [3.8, 4) is 0 Å². The Balaban J connectivity index is 1.93. The Kier molecular flexibility index (Phi) is 1.24. The van der Waals surface area contributed by atoms with Crippen LogP contribution < -0.4 is 11.1 Å². The van der Waals surface area contributed by atoms with Crippen LogP contribution >= 0.6 is 0 Å². The summed E-state index contributed by atoms with van der Waals surface area (Å²) in [6, 6.07) is 1.13. The van der Waals surface area contributed by atoms with Gasteiger partial charge in [-0.2, -0.15) is 0 Å². The maximum Gasteiger partial charge on any atom is 0.0247 e. The smallest absolute Gasteiger partial charge is 0.0247 e. The van der Waals surface area contributed by atoms with E-state index in [0.29, 0.717) is 12.1 Å². The molecule has 2 heteroatoms. The minimum Gasteiger partial charge on any atom is -0.326 e. The third-order valence-corrected chi connectivity index (χ3v) is 2.45. The first-order valence-corrected chi connectivity index (χ1v) is 3.87. The first-order chi connectivity index (χ1) is 4.38. The lowest BCUT2D eigenvalue weighted by Gasteiger charge is -2.13. The topological polar surface area (TPSA) is 38.0 Å². The molecule has 0 bridgehead atoms. The van der Waals surface area contributed by atoms with Crippen molar-refractivity contribution in [1.82, 2.24) is 5.32 Å². The van der Waals surface area contributed by atoms with E-state index in [0.717, 1.165) is 12.5 Å². The van der Waals surface area contributed by atoms with Gasteiger partial charge in [0.25, 0.3) is 0 Å². The van der Waals surface area contributed by atoms with Gasteiger partial charge in [0.1, 0.15) is 0 Å². The van der Waals surface area contributed by atoms with Crippen LogP contribution in [0.2, 0.25) is 0 Å². The number of hydrogen-bond donors (Lipinski definition) is 2. The van der Waals surface area contributed by atoms with Crippen molar-refractivity contribution >= 4 is 0 Å². The molecular formula is C7H14N2. The summed E-state index contributed by atoms with van der Waals surface area (Å²) in [5.41, 5.74) is 5.86. The lowest BCUT2D eigenvalue weighted by molar-refractivity contribution is 0.487. The van der Waals surface area contributed by atoms with Crippen LogP contribution in [0.4, 0.5) is 0 Å². The van der Waals surface area contributed by atoms with E-state index in [4.69, 9.17) is 5.73 Å². The van der Waals surface area contributed by atoms with Gasteiger partial charge < -0.3 is 11.1 Å². The summed E-state index contributed by atoms with van der Waals surface area (Å²) in [4.78, 5) is 0. The Labute approximate surface area is 55.8 Å². The van der Waals surface area contributed by atoms with Gasteiger partial charge in [-0.15, -0.1) is 0 Å². The summed E-state index contributed by atoms with van der Waals surface area (Å²) in [6.07, 6.45) is 4.00. The highest BCUT2D eigenvalue weighted by molar-refractivity contribution is 4.96. The fourth-order valence-electron chi connectivity index (χ4n) is 1.72. The van der Waals surface area contributed by atoms with Gasteiger partial charge in [0.2, 0.25) is 0 Å². The van der Waals surface area contributed by atoms with Crippen LogP contribution in [0.25, 0.3) is 0 Å². The highest BCUT2D eigenvalue weighted by atomic mass is 15.0. The Morgan fingerprint density at radius 2 is 2.00 bits per heavy atom. The number of nitrogens with two attached hydrogens (primary N) is 1. The zero-order valence-corrected chi connectivity index (χ0v) is 5.64. The maximum absolute atomic E-state index is 5.86. The van der Waals surface area contributed by atoms with Gasteiger partial charge in [-0.05, 0) is 31.7 Å². The van der Waals surface area contributed by atoms with Crippen LogP contribution in [0, 0.1) is 5.92 Å². The quantitative estimate of drug-likeness (QED) is 0.522. The minimum atomic E-state index is 0.456. The highest BCUT2D eigenvalue weighted by Crippen LogP contribution is 2.35. The predicted molar refractivity (Wildman–Crippen MR) is 37.1 cm³/mol. The lowest BCUT2D eigenvalue weighted by Crippen LogP contribution is -2.37. The van der Waals surface area contributed by atoms with Crippen molar-refractivity contribution in [3.63, 3.8) is 0 Å². The van der Waals surface area contributed by atoms with Crippen molar-refractivity contribution in [3.05, 3.63) is 0 Å². The molecule has 1 aliphatic heterocycles. The van der Waals surface area contributed by atoms with Gasteiger partial charge in [-0.3, -0.25) is 0 Å². The van der Waals surface area contributed by atoms with Gasteiger partial charge in [-0.1, -0.05) is 0 Å². The molecule has 0 spiro atoms. The SMILES string of the molecule is N[C@@H]1CCNC1C1CC1. The molecule has 0 radical (unpaired) electrons. The molecule has 0 amide bonds. The first kappa shape index (κ1) is 5.69. The molecular weight excluding hydrogens is 112 g/mol. The monoisotopic (exact) mass is 126 g/mol.